The van der Waals surface area contributed by atoms with Gasteiger partial charge in [0, 0.05) is 22.7 Å². The average molecular weight is 380 g/mol. The Hall–Kier alpha value is -1.53. The van der Waals surface area contributed by atoms with Gasteiger partial charge < -0.3 is 9.32 Å². The van der Waals surface area contributed by atoms with E-state index in [1.54, 1.807) is 12.1 Å². The lowest BCUT2D eigenvalue weighted by atomic mass is 9.97. The maximum absolute atomic E-state index is 12.8. The van der Waals surface area contributed by atoms with Crippen molar-refractivity contribution in [2.75, 3.05) is 0 Å². The minimum Gasteiger partial charge on any atom is -0.411 e. The molecule has 0 aliphatic carbocycles. The summed E-state index contributed by atoms with van der Waals surface area (Å²) in [6, 6.07) is 7.78. The van der Waals surface area contributed by atoms with Crippen molar-refractivity contribution in [1.29, 1.82) is 0 Å². The predicted octanol–water partition coefficient (Wildman–Crippen LogP) is 4.66. The molecule has 1 aromatic heterocycles. The van der Waals surface area contributed by atoms with E-state index in [9.17, 15) is 4.79 Å². The van der Waals surface area contributed by atoms with Crippen molar-refractivity contribution in [2.24, 2.45) is 0 Å². The third-order valence-corrected chi connectivity index (χ3v) is 5.74. The Kier molecular flexibility index (Phi) is 5.69. The summed E-state index contributed by atoms with van der Waals surface area (Å²) in [5, 5.41) is 8.93. The second-order valence-electron chi connectivity index (χ2n) is 6.51. The van der Waals surface area contributed by atoms with Crippen molar-refractivity contribution in [3.05, 3.63) is 29.3 Å². The Morgan fingerprint density at radius 2 is 1.88 bits per heavy atom. The Labute approximate surface area is 157 Å². The summed E-state index contributed by atoms with van der Waals surface area (Å²) in [5.41, 5.74) is 0.806. The molecule has 3 rings (SSSR count). The molecule has 1 amide bonds. The zero-order valence-corrected chi connectivity index (χ0v) is 16.2. The molecule has 0 spiro atoms. The minimum atomic E-state index is -0.262. The number of piperidine rings is 1. The van der Waals surface area contributed by atoms with Gasteiger partial charge in [-0.15, -0.1) is 10.2 Å². The SMILES string of the molecule is C[C@@H]1CCC[C@H](C)N1C(=O)[C@@H](C)Sc1nnc(-c2ccc(Cl)cc2)o1. The van der Waals surface area contributed by atoms with E-state index in [1.807, 2.05) is 24.0 Å². The standard InChI is InChI=1S/C18H22ClN3O2S/c1-11-5-4-6-12(2)22(11)17(23)13(3)25-18-21-20-16(24-18)14-7-9-15(19)10-8-14/h7-13H,4-6H2,1-3H3/t11-,12+,13-/m1/s1. The number of thioether (sulfide) groups is 1. The van der Waals surface area contributed by atoms with Crippen LogP contribution in [0.4, 0.5) is 0 Å². The van der Waals surface area contributed by atoms with Crippen LogP contribution < -0.4 is 0 Å². The highest BCUT2D eigenvalue weighted by Crippen LogP contribution is 2.30. The van der Waals surface area contributed by atoms with Gasteiger partial charge in [0.15, 0.2) is 0 Å². The first kappa shape index (κ1) is 18.3. The molecule has 25 heavy (non-hydrogen) atoms. The molecule has 1 aliphatic heterocycles. The van der Waals surface area contributed by atoms with Crippen molar-refractivity contribution in [2.45, 2.75) is 62.6 Å². The van der Waals surface area contributed by atoms with Gasteiger partial charge in [0.05, 0.1) is 5.25 Å². The number of rotatable bonds is 4. The summed E-state index contributed by atoms with van der Waals surface area (Å²) in [6.45, 7) is 6.14. The summed E-state index contributed by atoms with van der Waals surface area (Å²) >= 11 is 7.20. The number of carbonyl (C=O) groups is 1. The summed E-state index contributed by atoms with van der Waals surface area (Å²) in [4.78, 5) is 14.8. The maximum Gasteiger partial charge on any atom is 0.277 e. The predicted molar refractivity (Wildman–Crippen MR) is 99.7 cm³/mol. The fourth-order valence-electron chi connectivity index (χ4n) is 3.23. The minimum absolute atomic E-state index is 0.135. The van der Waals surface area contributed by atoms with Crippen LogP contribution in [0.25, 0.3) is 11.5 Å². The van der Waals surface area contributed by atoms with Crippen LogP contribution in [0.15, 0.2) is 33.9 Å². The highest BCUT2D eigenvalue weighted by Gasteiger charge is 2.32. The lowest BCUT2D eigenvalue weighted by Crippen LogP contribution is -2.50. The number of nitrogens with zero attached hydrogens (tertiary/aromatic N) is 3. The van der Waals surface area contributed by atoms with E-state index in [0.717, 1.165) is 18.4 Å². The molecule has 7 heteroatoms. The van der Waals surface area contributed by atoms with Crippen LogP contribution in [0.5, 0.6) is 0 Å². The molecule has 134 valence electrons. The second-order valence-corrected chi connectivity index (χ2v) is 8.24. The third-order valence-electron chi connectivity index (χ3n) is 4.57. The van der Waals surface area contributed by atoms with E-state index in [1.165, 1.54) is 18.2 Å². The van der Waals surface area contributed by atoms with E-state index in [2.05, 4.69) is 24.0 Å². The highest BCUT2D eigenvalue weighted by atomic mass is 35.5. The Bertz CT molecular complexity index is 724. The van der Waals surface area contributed by atoms with Crippen LogP contribution in [0.2, 0.25) is 5.02 Å². The Balaban J connectivity index is 1.67. The zero-order chi connectivity index (χ0) is 18.0. The molecule has 1 aromatic carbocycles. The molecule has 1 fully saturated rings. The molecule has 0 unspecified atom stereocenters. The normalized spacial score (nSPS) is 22.0. The molecule has 0 radical (unpaired) electrons. The Morgan fingerprint density at radius 3 is 2.52 bits per heavy atom. The third kappa shape index (κ3) is 4.18. The van der Waals surface area contributed by atoms with E-state index in [-0.39, 0.29) is 23.2 Å². The number of likely N-dealkylation sites (tertiary alicyclic amines) is 1. The summed E-state index contributed by atoms with van der Waals surface area (Å²) < 4.78 is 5.70. The quantitative estimate of drug-likeness (QED) is 0.723. The molecule has 1 saturated heterocycles. The first-order valence-corrected chi connectivity index (χ1v) is 9.79. The van der Waals surface area contributed by atoms with Crippen molar-refractivity contribution in [3.63, 3.8) is 0 Å². The van der Waals surface area contributed by atoms with Gasteiger partial charge in [-0.3, -0.25) is 4.79 Å². The number of carbonyl (C=O) groups excluding carboxylic acids is 1. The van der Waals surface area contributed by atoms with Gasteiger partial charge in [0.25, 0.3) is 5.22 Å². The molecule has 2 heterocycles. The lowest BCUT2D eigenvalue weighted by Gasteiger charge is -2.40. The number of hydrogen-bond donors (Lipinski definition) is 0. The van der Waals surface area contributed by atoms with Crippen molar-refractivity contribution in [3.8, 4) is 11.5 Å². The number of amides is 1. The van der Waals surface area contributed by atoms with Crippen LogP contribution in [-0.2, 0) is 4.79 Å². The van der Waals surface area contributed by atoms with Crippen LogP contribution >= 0.6 is 23.4 Å². The number of hydrogen-bond acceptors (Lipinski definition) is 5. The molecule has 2 aromatic rings. The van der Waals surface area contributed by atoms with Gasteiger partial charge >= 0.3 is 0 Å². The molecular formula is C18H22ClN3O2S. The molecule has 5 nitrogen and oxygen atoms in total. The molecule has 3 atom stereocenters. The van der Waals surface area contributed by atoms with Gasteiger partial charge in [-0.2, -0.15) is 0 Å². The van der Waals surface area contributed by atoms with Crippen LogP contribution in [0.3, 0.4) is 0 Å². The molecular weight excluding hydrogens is 358 g/mol. The van der Waals surface area contributed by atoms with Gasteiger partial charge in [-0.1, -0.05) is 23.4 Å². The van der Waals surface area contributed by atoms with Gasteiger partial charge in [-0.05, 0) is 64.3 Å². The summed E-state index contributed by atoms with van der Waals surface area (Å²) in [5.74, 6) is 0.564. The smallest absolute Gasteiger partial charge is 0.277 e. The topological polar surface area (TPSA) is 59.2 Å². The molecule has 0 N–H and O–H groups in total. The van der Waals surface area contributed by atoms with Crippen LogP contribution in [0, 0.1) is 0 Å². The largest absolute Gasteiger partial charge is 0.411 e. The molecule has 1 aliphatic rings. The number of benzene rings is 1. The number of aromatic nitrogens is 2. The van der Waals surface area contributed by atoms with Gasteiger partial charge in [0.1, 0.15) is 0 Å². The van der Waals surface area contributed by atoms with Gasteiger partial charge in [0.2, 0.25) is 11.8 Å². The monoisotopic (exact) mass is 379 g/mol. The van der Waals surface area contributed by atoms with Crippen LogP contribution in [-0.4, -0.2) is 38.3 Å². The fraction of sp³-hybridized carbons (Fsp3) is 0.500. The first-order chi connectivity index (χ1) is 12.0. The van der Waals surface area contributed by atoms with E-state index < -0.39 is 0 Å². The molecule has 0 bridgehead atoms. The number of halogens is 1. The van der Waals surface area contributed by atoms with Crippen molar-refractivity contribution >= 4 is 29.3 Å². The highest BCUT2D eigenvalue weighted by molar-refractivity contribution is 8.00. The van der Waals surface area contributed by atoms with E-state index >= 15 is 0 Å². The second kappa shape index (κ2) is 7.79. The summed E-state index contributed by atoms with van der Waals surface area (Å²) in [6.07, 6.45) is 3.31. The first-order valence-electron chi connectivity index (χ1n) is 8.54. The van der Waals surface area contributed by atoms with E-state index in [0.29, 0.717) is 16.1 Å². The van der Waals surface area contributed by atoms with E-state index in [4.69, 9.17) is 16.0 Å². The maximum atomic E-state index is 12.8. The van der Waals surface area contributed by atoms with Crippen molar-refractivity contribution < 1.29 is 9.21 Å². The zero-order valence-electron chi connectivity index (χ0n) is 14.6. The Morgan fingerprint density at radius 1 is 1.24 bits per heavy atom. The fourth-order valence-corrected chi connectivity index (χ4v) is 4.10. The van der Waals surface area contributed by atoms with Crippen LogP contribution in [0.1, 0.15) is 40.0 Å². The molecule has 0 saturated carbocycles. The summed E-state index contributed by atoms with van der Waals surface area (Å²) in [7, 11) is 0. The van der Waals surface area contributed by atoms with Gasteiger partial charge in [-0.25, -0.2) is 0 Å². The average Bonchev–Trinajstić information content (AvgIpc) is 3.03. The lowest BCUT2D eigenvalue weighted by molar-refractivity contribution is -0.136. The van der Waals surface area contributed by atoms with Crippen molar-refractivity contribution in [1.82, 2.24) is 15.1 Å².